The number of thiazole rings is 1. The first kappa shape index (κ1) is 11.2. The fourth-order valence-corrected chi connectivity index (χ4v) is 2.61. The maximum atomic E-state index is 6.16. The van der Waals surface area contributed by atoms with Crippen LogP contribution in [-0.4, -0.2) is 19.7 Å². The fraction of sp³-hybridized carbons (Fsp3) is 0.500. The van der Waals surface area contributed by atoms with Crippen molar-refractivity contribution in [2.24, 2.45) is 12.8 Å². The Labute approximate surface area is 98.3 Å². The lowest BCUT2D eigenvalue weighted by Gasteiger charge is -2.09. The van der Waals surface area contributed by atoms with Crippen LogP contribution in [0.1, 0.15) is 27.4 Å². The van der Waals surface area contributed by atoms with Crippen LogP contribution in [0.2, 0.25) is 0 Å². The average Bonchev–Trinajstić information content (AvgIpc) is 2.74. The van der Waals surface area contributed by atoms with Gasteiger partial charge >= 0.3 is 0 Å². The van der Waals surface area contributed by atoms with Gasteiger partial charge in [0.1, 0.15) is 12.2 Å². The Kier molecular flexibility index (Phi) is 3.02. The maximum Gasteiger partial charge on any atom is 0.138 e. The molecule has 2 aromatic rings. The monoisotopic (exact) mass is 237 g/mol. The van der Waals surface area contributed by atoms with Crippen LogP contribution in [0.15, 0.2) is 6.33 Å². The van der Waals surface area contributed by atoms with Crippen LogP contribution in [0, 0.1) is 13.8 Å². The Balaban J connectivity index is 2.17. The molecule has 0 saturated carbocycles. The third kappa shape index (κ3) is 2.12. The smallest absolute Gasteiger partial charge is 0.138 e. The largest absolute Gasteiger partial charge is 0.323 e. The molecule has 0 aromatic carbocycles. The molecule has 0 amide bonds. The molecule has 1 unspecified atom stereocenters. The zero-order chi connectivity index (χ0) is 11.7. The van der Waals surface area contributed by atoms with Gasteiger partial charge in [-0.25, -0.2) is 9.97 Å². The molecule has 86 valence electrons. The Morgan fingerprint density at radius 1 is 1.50 bits per heavy atom. The summed E-state index contributed by atoms with van der Waals surface area (Å²) in [5, 5.41) is 5.09. The van der Waals surface area contributed by atoms with Gasteiger partial charge in [0.15, 0.2) is 0 Å². The molecule has 0 aliphatic heterocycles. The normalized spacial score (nSPS) is 13.0. The lowest BCUT2D eigenvalue weighted by atomic mass is 10.1. The molecule has 0 spiro atoms. The summed E-state index contributed by atoms with van der Waals surface area (Å²) in [5.74, 6) is 0.901. The third-order valence-corrected chi connectivity index (χ3v) is 3.69. The predicted octanol–water partition coefficient (Wildman–Crippen LogP) is 1.13. The highest BCUT2D eigenvalue weighted by Gasteiger charge is 2.16. The van der Waals surface area contributed by atoms with Crippen LogP contribution in [0.3, 0.4) is 0 Å². The average molecular weight is 237 g/mol. The number of nitrogens with two attached hydrogens (primary N) is 1. The number of rotatable bonds is 3. The van der Waals surface area contributed by atoms with E-state index in [1.54, 1.807) is 22.3 Å². The standard InChI is InChI=1S/C10H15N5S/c1-6-10(16-7(2)14-6)8(11)4-9-12-5-13-15(9)3/h5,8H,4,11H2,1-3H3. The van der Waals surface area contributed by atoms with Gasteiger partial charge in [-0.05, 0) is 13.8 Å². The summed E-state index contributed by atoms with van der Waals surface area (Å²) in [4.78, 5) is 9.69. The molecule has 0 bridgehead atoms. The van der Waals surface area contributed by atoms with Crippen LogP contribution < -0.4 is 5.73 Å². The first-order chi connectivity index (χ1) is 7.58. The molecule has 2 heterocycles. The van der Waals surface area contributed by atoms with Crippen LogP contribution in [-0.2, 0) is 13.5 Å². The van der Waals surface area contributed by atoms with Gasteiger partial charge in [0.25, 0.3) is 0 Å². The molecule has 0 radical (unpaired) electrons. The van der Waals surface area contributed by atoms with Gasteiger partial charge in [-0.1, -0.05) is 0 Å². The maximum absolute atomic E-state index is 6.16. The van der Waals surface area contributed by atoms with Crippen LogP contribution >= 0.6 is 11.3 Å². The van der Waals surface area contributed by atoms with Crippen molar-refractivity contribution < 1.29 is 0 Å². The lowest BCUT2D eigenvalue weighted by Crippen LogP contribution is -2.15. The van der Waals surface area contributed by atoms with E-state index in [1.165, 1.54) is 0 Å². The molecule has 2 aromatic heterocycles. The molecule has 1 atom stereocenters. The summed E-state index contributed by atoms with van der Waals surface area (Å²) in [6.45, 7) is 3.99. The van der Waals surface area contributed by atoms with Crippen molar-refractivity contribution in [3.63, 3.8) is 0 Å². The van der Waals surface area contributed by atoms with Gasteiger partial charge in [0.2, 0.25) is 0 Å². The van der Waals surface area contributed by atoms with Crippen molar-refractivity contribution in [3.8, 4) is 0 Å². The summed E-state index contributed by atoms with van der Waals surface area (Å²) in [6, 6.07) is -0.0471. The zero-order valence-electron chi connectivity index (χ0n) is 9.64. The molecule has 6 heteroatoms. The lowest BCUT2D eigenvalue weighted by molar-refractivity contribution is 0.633. The molecular formula is C10H15N5S. The Hall–Kier alpha value is -1.27. The van der Waals surface area contributed by atoms with E-state index < -0.39 is 0 Å². The Morgan fingerprint density at radius 2 is 2.25 bits per heavy atom. The molecule has 5 nitrogen and oxygen atoms in total. The summed E-state index contributed by atoms with van der Waals surface area (Å²) >= 11 is 1.66. The van der Waals surface area contributed by atoms with Gasteiger partial charge in [-0.3, -0.25) is 4.68 Å². The summed E-state index contributed by atoms with van der Waals surface area (Å²) in [7, 11) is 1.87. The van der Waals surface area contributed by atoms with Crippen molar-refractivity contribution in [1.82, 2.24) is 19.7 Å². The highest BCUT2D eigenvalue weighted by Crippen LogP contribution is 2.24. The minimum atomic E-state index is -0.0471. The van der Waals surface area contributed by atoms with Gasteiger partial charge in [0.05, 0.1) is 10.7 Å². The van der Waals surface area contributed by atoms with Gasteiger partial charge in [0, 0.05) is 24.4 Å². The van der Waals surface area contributed by atoms with Crippen molar-refractivity contribution in [1.29, 1.82) is 0 Å². The second kappa shape index (κ2) is 4.31. The van der Waals surface area contributed by atoms with Crippen LogP contribution in [0.25, 0.3) is 0 Å². The van der Waals surface area contributed by atoms with E-state index in [4.69, 9.17) is 5.73 Å². The second-order valence-corrected chi connectivity index (χ2v) is 5.03. The summed E-state index contributed by atoms with van der Waals surface area (Å²) in [6.07, 6.45) is 2.24. The van der Waals surface area contributed by atoms with E-state index in [0.717, 1.165) is 21.4 Å². The van der Waals surface area contributed by atoms with Crippen LogP contribution in [0.5, 0.6) is 0 Å². The molecule has 0 saturated heterocycles. The Morgan fingerprint density at radius 3 is 2.75 bits per heavy atom. The van der Waals surface area contributed by atoms with E-state index in [9.17, 15) is 0 Å². The molecule has 16 heavy (non-hydrogen) atoms. The fourth-order valence-electron chi connectivity index (χ4n) is 1.69. The van der Waals surface area contributed by atoms with Crippen molar-refractivity contribution in [2.45, 2.75) is 26.3 Å². The zero-order valence-corrected chi connectivity index (χ0v) is 10.5. The van der Waals surface area contributed by atoms with E-state index in [0.29, 0.717) is 6.42 Å². The second-order valence-electron chi connectivity index (χ2n) is 3.79. The quantitative estimate of drug-likeness (QED) is 0.868. The van der Waals surface area contributed by atoms with Crippen LogP contribution in [0.4, 0.5) is 0 Å². The topological polar surface area (TPSA) is 69.6 Å². The summed E-state index contributed by atoms with van der Waals surface area (Å²) in [5.41, 5.74) is 7.18. The number of aryl methyl sites for hydroxylation is 3. The van der Waals surface area contributed by atoms with E-state index in [2.05, 4.69) is 15.1 Å². The Bertz CT molecular complexity index is 487. The molecule has 2 rings (SSSR count). The van der Waals surface area contributed by atoms with E-state index in [1.807, 2.05) is 20.9 Å². The predicted molar refractivity (Wildman–Crippen MR) is 63.2 cm³/mol. The van der Waals surface area contributed by atoms with E-state index in [-0.39, 0.29) is 6.04 Å². The van der Waals surface area contributed by atoms with Gasteiger partial charge in [-0.15, -0.1) is 11.3 Å². The molecule has 2 N–H and O–H groups in total. The van der Waals surface area contributed by atoms with Crippen molar-refractivity contribution in [3.05, 3.63) is 27.7 Å². The van der Waals surface area contributed by atoms with Crippen molar-refractivity contribution in [2.75, 3.05) is 0 Å². The first-order valence-corrected chi connectivity index (χ1v) is 5.92. The summed E-state index contributed by atoms with van der Waals surface area (Å²) < 4.78 is 1.75. The molecule has 0 aliphatic rings. The first-order valence-electron chi connectivity index (χ1n) is 5.10. The number of hydrogen-bond donors (Lipinski definition) is 1. The van der Waals surface area contributed by atoms with Crippen molar-refractivity contribution >= 4 is 11.3 Å². The number of nitrogens with zero attached hydrogens (tertiary/aromatic N) is 4. The number of aromatic nitrogens is 4. The molecule has 0 fully saturated rings. The molecule has 0 aliphatic carbocycles. The minimum Gasteiger partial charge on any atom is -0.323 e. The van der Waals surface area contributed by atoms with E-state index >= 15 is 0 Å². The minimum absolute atomic E-state index is 0.0471. The SMILES string of the molecule is Cc1nc(C)c(C(N)Cc2ncnn2C)s1. The highest BCUT2D eigenvalue weighted by molar-refractivity contribution is 7.11. The van der Waals surface area contributed by atoms with Gasteiger partial charge in [-0.2, -0.15) is 5.10 Å². The highest BCUT2D eigenvalue weighted by atomic mass is 32.1. The number of hydrogen-bond acceptors (Lipinski definition) is 5. The third-order valence-electron chi connectivity index (χ3n) is 2.48. The molecular weight excluding hydrogens is 222 g/mol. The van der Waals surface area contributed by atoms with Gasteiger partial charge < -0.3 is 5.73 Å².